The van der Waals surface area contributed by atoms with E-state index in [1.165, 1.54) is 0 Å². The first kappa shape index (κ1) is 9.90. The van der Waals surface area contributed by atoms with Gasteiger partial charge in [-0.2, -0.15) is 5.10 Å². The van der Waals surface area contributed by atoms with E-state index in [0.717, 1.165) is 27.9 Å². The molecular formula is C14H11N2O. The van der Waals surface area contributed by atoms with E-state index in [4.69, 9.17) is 4.74 Å². The number of aromatic nitrogens is 2. The van der Waals surface area contributed by atoms with Crippen molar-refractivity contribution in [3.8, 4) is 17.0 Å². The zero-order valence-electron chi connectivity index (χ0n) is 9.40. The van der Waals surface area contributed by atoms with Crippen LogP contribution in [0.3, 0.4) is 0 Å². The first-order chi connectivity index (χ1) is 8.40. The van der Waals surface area contributed by atoms with Gasteiger partial charge in [0.15, 0.2) is 0 Å². The van der Waals surface area contributed by atoms with E-state index in [9.17, 15) is 0 Å². The van der Waals surface area contributed by atoms with Crippen molar-refractivity contribution in [1.82, 2.24) is 10.2 Å². The van der Waals surface area contributed by atoms with Crippen molar-refractivity contribution in [3.63, 3.8) is 0 Å². The fourth-order valence-corrected chi connectivity index (χ4v) is 1.93. The van der Waals surface area contributed by atoms with Crippen LogP contribution >= 0.6 is 0 Å². The van der Waals surface area contributed by atoms with Crippen LogP contribution in [0.1, 0.15) is 0 Å². The molecule has 0 amide bonds. The summed E-state index contributed by atoms with van der Waals surface area (Å²) in [7, 11) is 1.65. The molecule has 0 aliphatic rings. The molecule has 0 saturated carbocycles. The van der Waals surface area contributed by atoms with Crippen molar-refractivity contribution in [3.05, 3.63) is 48.5 Å². The molecule has 1 N–H and O–H groups in total. The maximum Gasteiger partial charge on any atom is 0.128 e. The largest absolute Gasteiger partial charge is 0.496 e. The van der Waals surface area contributed by atoms with Crippen molar-refractivity contribution in [1.29, 1.82) is 0 Å². The number of nitrogens with one attached hydrogen (secondary N) is 1. The normalized spacial score (nSPS) is 10.6. The zero-order valence-corrected chi connectivity index (χ0v) is 9.40. The van der Waals surface area contributed by atoms with Gasteiger partial charge >= 0.3 is 0 Å². The lowest BCUT2D eigenvalue weighted by atomic mass is 10.1. The molecule has 0 atom stereocenters. The van der Waals surface area contributed by atoms with Gasteiger partial charge in [-0.25, -0.2) is 0 Å². The molecule has 0 spiro atoms. The summed E-state index contributed by atoms with van der Waals surface area (Å²) in [5.41, 5.74) is 2.77. The van der Waals surface area contributed by atoms with Crippen LogP contribution in [0.2, 0.25) is 0 Å². The number of hydrogen-bond acceptors (Lipinski definition) is 2. The second-order valence-electron chi connectivity index (χ2n) is 3.73. The smallest absolute Gasteiger partial charge is 0.128 e. The van der Waals surface area contributed by atoms with Crippen molar-refractivity contribution < 1.29 is 4.74 Å². The summed E-state index contributed by atoms with van der Waals surface area (Å²) in [6.07, 6.45) is 0. The van der Waals surface area contributed by atoms with Crippen LogP contribution in [0.5, 0.6) is 5.75 Å². The maximum absolute atomic E-state index is 5.33. The van der Waals surface area contributed by atoms with Gasteiger partial charge in [-0.05, 0) is 18.2 Å². The van der Waals surface area contributed by atoms with Crippen molar-refractivity contribution in [2.45, 2.75) is 0 Å². The number of hydrogen-bond donors (Lipinski definition) is 1. The highest BCUT2D eigenvalue weighted by Gasteiger charge is 2.11. The Hall–Kier alpha value is -2.29. The number of aromatic amines is 1. The molecular weight excluding hydrogens is 212 g/mol. The Kier molecular flexibility index (Phi) is 2.29. The molecule has 1 aromatic heterocycles. The lowest BCUT2D eigenvalue weighted by molar-refractivity contribution is 0.416. The van der Waals surface area contributed by atoms with E-state index < -0.39 is 0 Å². The predicted octanol–water partition coefficient (Wildman–Crippen LogP) is 3.04. The van der Waals surface area contributed by atoms with E-state index in [1.54, 1.807) is 7.11 Å². The van der Waals surface area contributed by atoms with Gasteiger partial charge in [0.2, 0.25) is 0 Å². The fourth-order valence-electron chi connectivity index (χ4n) is 1.93. The van der Waals surface area contributed by atoms with Gasteiger partial charge in [0.05, 0.1) is 18.2 Å². The third-order valence-corrected chi connectivity index (χ3v) is 2.74. The Balaban J connectivity index is 2.27. The monoisotopic (exact) mass is 223 g/mol. The molecule has 17 heavy (non-hydrogen) atoms. The summed E-state index contributed by atoms with van der Waals surface area (Å²) in [4.78, 5) is 0. The molecule has 0 saturated heterocycles. The third kappa shape index (κ3) is 1.56. The van der Waals surface area contributed by atoms with Gasteiger partial charge in [0.25, 0.3) is 0 Å². The third-order valence-electron chi connectivity index (χ3n) is 2.74. The number of para-hydroxylation sites is 1. The minimum atomic E-state index is 0.782. The highest BCUT2D eigenvalue weighted by atomic mass is 16.5. The number of fused-ring (bicyclic) bond motifs is 1. The molecule has 3 rings (SSSR count). The number of rotatable bonds is 2. The van der Waals surface area contributed by atoms with Crippen LogP contribution in [0, 0.1) is 6.07 Å². The van der Waals surface area contributed by atoms with Crippen molar-refractivity contribution >= 4 is 10.9 Å². The Morgan fingerprint density at radius 3 is 2.94 bits per heavy atom. The number of benzene rings is 2. The molecule has 0 bridgehead atoms. The second kappa shape index (κ2) is 3.94. The van der Waals surface area contributed by atoms with E-state index in [1.807, 2.05) is 42.5 Å². The minimum absolute atomic E-state index is 0.782. The van der Waals surface area contributed by atoms with Crippen LogP contribution in [0.25, 0.3) is 22.2 Å². The summed E-state index contributed by atoms with van der Waals surface area (Å²) in [6, 6.07) is 16.9. The van der Waals surface area contributed by atoms with Crippen LogP contribution in [-0.4, -0.2) is 17.3 Å². The molecule has 83 valence electrons. The van der Waals surface area contributed by atoms with Gasteiger partial charge in [-0.1, -0.05) is 30.3 Å². The van der Waals surface area contributed by atoms with Crippen molar-refractivity contribution in [2.24, 2.45) is 0 Å². The average molecular weight is 223 g/mol. The molecule has 1 heterocycles. The second-order valence-corrected chi connectivity index (χ2v) is 3.73. The number of H-pyrrole nitrogens is 1. The van der Waals surface area contributed by atoms with Gasteiger partial charge in [0, 0.05) is 5.39 Å². The van der Waals surface area contributed by atoms with Crippen LogP contribution in [-0.2, 0) is 0 Å². The summed E-state index contributed by atoms with van der Waals surface area (Å²) in [6.45, 7) is 0. The summed E-state index contributed by atoms with van der Waals surface area (Å²) < 4.78 is 5.33. The average Bonchev–Trinajstić information content (AvgIpc) is 2.82. The zero-order chi connectivity index (χ0) is 11.7. The van der Waals surface area contributed by atoms with Gasteiger partial charge < -0.3 is 4.74 Å². The maximum atomic E-state index is 5.33. The topological polar surface area (TPSA) is 37.9 Å². The standard InChI is InChI=1S/C14H11N2O/c1-17-13-9-5-3-7-11(13)14-10-6-2-4-8-12(10)15-16-14/h2-6,8-9H,1H3,(H,15,16). The highest BCUT2D eigenvalue weighted by molar-refractivity contribution is 5.94. The SMILES string of the molecule is COc1ccc[c]c1-c1n[nH]c2ccccc12. The predicted molar refractivity (Wildman–Crippen MR) is 66.9 cm³/mol. The Bertz CT molecular complexity index is 658. The van der Waals surface area contributed by atoms with Gasteiger partial charge in [-0.15, -0.1) is 0 Å². The molecule has 1 radical (unpaired) electrons. The van der Waals surface area contributed by atoms with E-state index in [2.05, 4.69) is 16.3 Å². The van der Waals surface area contributed by atoms with E-state index in [0.29, 0.717) is 0 Å². The van der Waals surface area contributed by atoms with Gasteiger partial charge in [0.1, 0.15) is 11.4 Å². The summed E-state index contributed by atoms with van der Waals surface area (Å²) >= 11 is 0. The lowest BCUT2D eigenvalue weighted by Gasteiger charge is -2.05. The fraction of sp³-hybridized carbons (Fsp3) is 0.0714. The van der Waals surface area contributed by atoms with Crippen LogP contribution < -0.4 is 4.74 Å². The molecule has 3 heteroatoms. The summed E-state index contributed by atoms with van der Waals surface area (Å²) in [5, 5.41) is 8.43. The Labute approximate surface area is 99.0 Å². The molecule has 3 aromatic rings. The van der Waals surface area contributed by atoms with E-state index in [-0.39, 0.29) is 0 Å². The molecule has 0 fully saturated rings. The molecule has 0 aliphatic heterocycles. The van der Waals surface area contributed by atoms with Crippen LogP contribution in [0.15, 0.2) is 42.5 Å². The number of nitrogens with zero attached hydrogens (tertiary/aromatic N) is 1. The number of ether oxygens (including phenoxy) is 1. The molecule has 0 unspecified atom stereocenters. The summed E-state index contributed by atoms with van der Waals surface area (Å²) in [5.74, 6) is 0.782. The Morgan fingerprint density at radius 2 is 2.06 bits per heavy atom. The Morgan fingerprint density at radius 1 is 1.18 bits per heavy atom. The van der Waals surface area contributed by atoms with E-state index >= 15 is 0 Å². The number of methoxy groups -OCH3 is 1. The molecule has 3 nitrogen and oxygen atoms in total. The molecule has 0 aliphatic carbocycles. The highest BCUT2D eigenvalue weighted by Crippen LogP contribution is 2.32. The first-order valence-electron chi connectivity index (χ1n) is 5.38. The van der Waals surface area contributed by atoms with Gasteiger partial charge in [-0.3, -0.25) is 5.10 Å². The molecule has 2 aromatic carbocycles. The lowest BCUT2D eigenvalue weighted by Crippen LogP contribution is -1.88. The first-order valence-corrected chi connectivity index (χ1v) is 5.38. The van der Waals surface area contributed by atoms with Crippen molar-refractivity contribution in [2.75, 3.05) is 7.11 Å². The van der Waals surface area contributed by atoms with Crippen LogP contribution in [0.4, 0.5) is 0 Å². The minimum Gasteiger partial charge on any atom is -0.496 e. The quantitative estimate of drug-likeness (QED) is 0.725.